The summed E-state index contributed by atoms with van der Waals surface area (Å²) in [7, 11) is 0. The number of hydrogen-bond donors (Lipinski definition) is 0. The molecule has 2 amide bonds. The fourth-order valence-electron chi connectivity index (χ4n) is 3.02. The van der Waals surface area contributed by atoms with E-state index in [2.05, 4.69) is 4.98 Å². The molecular weight excluding hydrogens is 338 g/mol. The fourth-order valence-corrected chi connectivity index (χ4v) is 3.02. The number of ether oxygens (including phenoxy) is 1. The number of amides is 2. The third-order valence-electron chi connectivity index (χ3n) is 4.36. The Hall–Kier alpha value is -3.03. The predicted molar refractivity (Wildman–Crippen MR) is 92.7 cm³/mol. The Balaban J connectivity index is 1.78. The number of carbonyl (C=O) groups excluding carboxylic acids is 3. The van der Waals surface area contributed by atoms with Gasteiger partial charge in [0.1, 0.15) is 5.69 Å². The van der Waals surface area contributed by atoms with Crippen LogP contribution in [0.15, 0.2) is 23.0 Å². The molecule has 8 nitrogen and oxygen atoms in total. The van der Waals surface area contributed by atoms with Crippen molar-refractivity contribution in [1.82, 2.24) is 14.5 Å². The Bertz CT molecular complexity index is 963. The van der Waals surface area contributed by atoms with Crippen LogP contribution in [-0.4, -0.2) is 45.4 Å². The van der Waals surface area contributed by atoms with Crippen LogP contribution in [0, 0.1) is 6.92 Å². The van der Waals surface area contributed by atoms with Gasteiger partial charge >= 0.3 is 5.97 Å². The molecule has 1 saturated heterocycles. The molecule has 8 heteroatoms. The summed E-state index contributed by atoms with van der Waals surface area (Å²) in [4.78, 5) is 53.1. The summed E-state index contributed by atoms with van der Waals surface area (Å²) in [5, 5.41) is 0. The van der Waals surface area contributed by atoms with E-state index in [1.54, 1.807) is 17.6 Å². The Morgan fingerprint density at radius 3 is 2.69 bits per heavy atom. The Labute approximate surface area is 149 Å². The van der Waals surface area contributed by atoms with Crippen LogP contribution in [0.25, 0.3) is 11.0 Å². The first kappa shape index (κ1) is 17.8. The highest BCUT2D eigenvalue weighted by Crippen LogP contribution is 2.15. The second-order valence-electron chi connectivity index (χ2n) is 6.07. The van der Waals surface area contributed by atoms with E-state index in [9.17, 15) is 19.2 Å². The molecule has 1 aromatic carbocycles. The van der Waals surface area contributed by atoms with Crippen LogP contribution in [0.4, 0.5) is 0 Å². The van der Waals surface area contributed by atoms with Crippen molar-refractivity contribution in [2.45, 2.75) is 33.2 Å². The van der Waals surface area contributed by atoms with Gasteiger partial charge in [-0.25, -0.2) is 9.78 Å². The van der Waals surface area contributed by atoms with Crippen LogP contribution in [-0.2, 0) is 20.9 Å². The van der Waals surface area contributed by atoms with Gasteiger partial charge in [-0.3, -0.25) is 19.3 Å². The molecule has 0 N–H and O–H groups in total. The quantitative estimate of drug-likeness (QED) is 0.758. The van der Waals surface area contributed by atoms with Crippen molar-refractivity contribution in [2.75, 3.05) is 13.2 Å². The third-order valence-corrected chi connectivity index (χ3v) is 4.36. The number of aromatic nitrogens is 2. The van der Waals surface area contributed by atoms with Gasteiger partial charge < -0.3 is 9.30 Å². The lowest BCUT2D eigenvalue weighted by molar-refractivity contribution is -0.143. The number of imide groups is 1. The number of aryl methyl sites for hydroxylation is 2. The molecule has 0 atom stereocenters. The van der Waals surface area contributed by atoms with E-state index in [4.69, 9.17) is 4.74 Å². The van der Waals surface area contributed by atoms with E-state index in [1.165, 1.54) is 12.1 Å². The Kier molecular flexibility index (Phi) is 4.83. The molecular formula is C18H19N3O5. The average molecular weight is 357 g/mol. The van der Waals surface area contributed by atoms with Gasteiger partial charge in [0.25, 0.3) is 11.5 Å². The molecule has 0 aliphatic carbocycles. The van der Waals surface area contributed by atoms with Gasteiger partial charge in [0, 0.05) is 19.5 Å². The van der Waals surface area contributed by atoms with E-state index in [1.807, 2.05) is 6.92 Å². The molecule has 1 aliphatic heterocycles. The summed E-state index contributed by atoms with van der Waals surface area (Å²) in [6.07, 6.45) is 0.974. The molecule has 0 radical (unpaired) electrons. The minimum atomic E-state index is -0.680. The van der Waals surface area contributed by atoms with E-state index in [-0.39, 0.29) is 17.0 Å². The Morgan fingerprint density at radius 2 is 2.04 bits per heavy atom. The van der Waals surface area contributed by atoms with Crippen molar-refractivity contribution in [3.63, 3.8) is 0 Å². The average Bonchev–Trinajstić information content (AvgIpc) is 3.06. The first-order valence-corrected chi connectivity index (χ1v) is 8.44. The summed E-state index contributed by atoms with van der Waals surface area (Å²) >= 11 is 0. The number of esters is 1. The highest BCUT2D eigenvalue weighted by atomic mass is 16.5. The number of fused-ring (bicyclic) bond motifs is 1. The number of carbonyl (C=O) groups is 3. The van der Waals surface area contributed by atoms with Crippen LogP contribution in [0.5, 0.6) is 0 Å². The van der Waals surface area contributed by atoms with Gasteiger partial charge in [0.05, 0.1) is 16.6 Å². The molecule has 0 unspecified atom stereocenters. The predicted octanol–water partition coefficient (Wildman–Crippen LogP) is 1.03. The number of hydrogen-bond acceptors (Lipinski definition) is 6. The van der Waals surface area contributed by atoms with Crippen LogP contribution in [0.2, 0.25) is 0 Å². The molecule has 0 spiro atoms. The smallest absolute Gasteiger partial charge is 0.338 e. The van der Waals surface area contributed by atoms with Crippen LogP contribution in [0.1, 0.15) is 35.8 Å². The standard InChI is InChI=1S/C18H19N3O5/c1-3-20-14-7-6-12(9-13(14)19-11(2)17(20)24)18(25)26-10-16(23)21-8-4-5-15(21)22/h6-7,9H,3-5,8,10H2,1-2H3. The molecule has 2 heterocycles. The molecule has 0 bridgehead atoms. The first-order chi connectivity index (χ1) is 12.4. The largest absolute Gasteiger partial charge is 0.452 e. The summed E-state index contributed by atoms with van der Waals surface area (Å²) in [6.45, 7) is 3.84. The van der Waals surface area contributed by atoms with Gasteiger partial charge in [-0.05, 0) is 38.5 Å². The van der Waals surface area contributed by atoms with Gasteiger partial charge in [-0.2, -0.15) is 0 Å². The van der Waals surface area contributed by atoms with Crippen molar-refractivity contribution in [1.29, 1.82) is 0 Å². The number of rotatable bonds is 4. The topological polar surface area (TPSA) is 98.6 Å². The van der Waals surface area contributed by atoms with Crippen molar-refractivity contribution < 1.29 is 19.1 Å². The van der Waals surface area contributed by atoms with Gasteiger partial charge in [0.2, 0.25) is 5.91 Å². The maximum absolute atomic E-state index is 12.2. The molecule has 1 aromatic heterocycles. The van der Waals surface area contributed by atoms with Crippen LogP contribution >= 0.6 is 0 Å². The molecule has 1 fully saturated rings. The molecule has 3 rings (SSSR count). The second kappa shape index (κ2) is 7.07. The molecule has 136 valence electrons. The molecule has 26 heavy (non-hydrogen) atoms. The molecule has 1 aliphatic rings. The highest BCUT2D eigenvalue weighted by molar-refractivity contribution is 5.99. The summed E-state index contributed by atoms with van der Waals surface area (Å²) in [5.74, 6) is -1.44. The minimum Gasteiger partial charge on any atom is -0.452 e. The van der Waals surface area contributed by atoms with Gasteiger partial charge in [0.15, 0.2) is 6.61 Å². The summed E-state index contributed by atoms with van der Waals surface area (Å²) in [5.41, 5.74) is 1.52. The number of benzene rings is 1. The van der Waals surface area contributed by atoms with E-state index < -0.39 is 18.5 Å². The summed E-state index contributed by atoms with van der Waals surface area (Å²) < 4.78 is 6.61. The highest BCUT2D eigenvalue weighted by Gasteiger charge is 2.27. The maximum Gasteiger partial charge on any atom is 0.338 e. The van der Waals surface area contributed by atoms with E-state index >= 15 is 0 Å². The zero-order valence-electron chi connectivity index (χ0n) is 14.7. The SMILES string of the molecule is CCn1c(=O)c(C)nc2cc(C(=O)OCC(=O)N3CCCC3=O)ccc21. The summed E-state index contributed by atoms with van der Waals surface area (Å²) in [6, 6.07) is 4.69. The van der Waals surface area contributed by atoms with Crippen molar-refractivity contribution in [2.24, 2.45) is 0 Å². The second-order valence-corrected chi connectivity index (χ2v) is 6.07. The zero-order chi connectivity index (χ0) is 18.8. The Morgan fingerprint density at radius 1 is 1.27 bits per heavy atom. The number of nitrogens with zero attached hydrogens (tertiary/aromatic N) is 3. The van der Waals surface area contributed by atoms with E-state index in [0.29, 0.717) is 42.7 Å². The molecule has 0 saturated carbocycles. The lowest BCUT2D eigenvalue weighted by Gasteiger charge is -2.13. The van der Waals surface area contributed by atoms with Crippen molar-refractivity contribution >= 4 is 28.8 Å². The third kappa shape index (κ3) is 3.22. The van der Waals surface area contributed by atoms with Crippen molar-refractivity contribution in [3.8, 4) is 0 Å². The van der Waals surface area contributed by atoms with Crippen LogP contribution < -0.4 is 5.56 Å². The van der Waals surface area contributed by atoms with Gasteiger partial charge in [-0.1, -0.05) is 0 Å². The first-order valence-electron chi connectivity index (χ1n) is 8.44. The number of likely N-dealkylation sites (tertiary alicyclic amines) is 1. The lowest BCUT2D eigenvalue weighted by atomic mass is 10.2. The van der Waals surface area contributed by atoms with Crippen LogP contribution in [0.3, 0.4) is 0 Å². The van der Waals surface area contributed by atoms with Crippen molar-refractivity contribution in [3.05, 3.63) is 39.8 Å². The lowest BCUT2D eigenvalue weighted by Crippen LogP contribution is -2.35. The normalized spacial score (nSPS) is 14.1. The minimum absolute atomic E-state index is 0.170. The maximum atomic E-state index is 12.2. The van der Waals surface area contributed by atoms with E-state index in [0.717, 1.165) is 4.90 Å². The monoisotopic (exact) mass is 357 g/mol. The zero-order valence-corrected chi connectivity index (χ0v) is 14.7. The van der Waals surface area contributed by atoms with Gasteiger partial charge in [-0.15, -0.1) is 0 Å². The fraction of sp³-hybridized carbons (Fsp3) is 0.389. The molecule has 2 aromatic rings.